The van der Waals surface area contributed by atoms with Gasteiger partial charge in [0.15, 0.2) is 0 Å². The molecule has 0 spiro atoms. The van der Waals surface area contributed by atoms with Gasteiger partial charge in [-0.3, -0.25) is 9.63 Å². The molecule has 1 atom stereocenters. The highest BCUT2D eigenvalue weighted by Gasteiger charge is 2.22. The van der Waals surface area contributed by atoms with Gasteiger partial charge in [-0.2, -0.15) is 11.3 Å². The van der Waals surface area contributed by atoms with Crippen LogP contribution in [-0.4, -0.2) is 17.1 Å². The zero-order valence-electron chi connectivity index (χ0n) is 13.3. The lowest BCUT2D eigenvalue weighted by atomic mass is 9.90. The maximum absolute atomic E-state index is 12.2. The SMILES string of the molecule is CCONC(=O)CC(c1ccsc1)c1cn(C)c2ccccc12. The van der Waals surface area contributed by atoms with E-state index in [1.165, 1.54) is 16.5 Å². The summed E-state index contributed by atoms with van der Waals surface area (Å²) in [5, 5.41) is 5.35. The highest BCUT2D eigenvalue weighted by Crippen LogP contribution is 2.35. The maximum Gasteiger partial charge on any atom is 0.244 e. The van der Waals surface area contributed by atoms with E-state index in [0.29, 0.717) is 13.0 Å². The fourth-order valence-corrected chi connectivity index (χ4v) is 3.63. The number of aryl methyl sites for hydroxylation is 1. The molecule has 0 radical (unpaired) electrons. The van der Waals surface area contributed by atoms with Gasteiger partial charge in [-0.1, -0.05) is 18.2 Å². The van der Waals surface area contributed by atoms with Crippen LogP contribution in [0.3, 0.4) is 0 Å². The molecular weight excluding hydrogens is 308 g/mol. The number of hydrogen-bond donors (Lipinski definition) is 1. The van der Waals surface area contributed by atoms with Crippen molar-refractivity contribution in [2.24, 2.45) is 7.05 Å². The van der Waals surface area contributed by atoms with Crippen LogP contribution in [0.1, 0.15) is 30.4 Å². The molecule has 3 rings (SSSR count). The summed E-state index contributed by atoms with van der Waals surface area (Å²) in [5.74, 6) is -0.0798. The molecular formula is C18H20N2O2S. The van der Waals surface area contributed by atoms with Crippen LogP contribution in [-0.2, 0) is 16.7 Å². The van der Waals surface area contributed by atoms with Crippen molar-refractivity contribution in [3.8, 4) is 0 Å². The molecule has 2 heterocycles. The molecule has 1 aromatic carbocycles. The van der Waals surface area contributed by atoms with Crippen LogP contribution in [0.2, 0.25) is 0 Å². The molecule has 0 aliphatic rings. The number of hydroxylamine groups is 1. The van der Waals surface area contributed by atoms with Crippen LogP contribution >= 0.6 is 11.3 Å². The second-order valence-electron chi connectivity index (χ2n) is 5.48. The molecule has 1 N–H and O–H groups in total. The lowest BCUT2D eigenvalue weighted by Crippen LogP contribution is -2.25. The normalized spacial score (nSPS) is 12.4. The number of carbonyl (C=O) groups is 1. The van der Waals surface area contributed by atoms with Crippen LogP contribution < -0.4 is 5.48 Å². The summed E-state index contributed by atoms with van der Waals surface area (Å²) in [6.45, 7) is 2.31. The van der Waals surface area contributed by atoms with E-state index in [2.05, 4.69) is 39.8 Å². The fraction of sp³-hybridized carbons (Fsp3) is 0.278. The Morgan fingerprint density at radius 3 is 2.91 bits per heavy atom. The summed E-state index contributed by atoms with van der Waals surface area (Å²) >= 11 is 1.65. The number of carbonyl (C=O) groups excluding carboxylic acids is 1. The van der Waals surface area contributed by atoms with Gasteiger partial charge in [-0.15, -0.1) is 0 Å². The minimum absolute atomic E-state index is 0.0211. The largest absolute Gasteiger partial charge is 0.350 e. The van der Waals surface area contributed by atoms with Crippen LogP contribution in [0.25, 0.3) is 10.9 Å². The molecule has 4 nitrogen and oxygen atoms in total. The number of rotatable bonds is 6. The molecule has 0 aliphatic carbocycles. The Balaban J connectivity index is 1.99. The van der Waals surface area contributed by atoms with Crippen molar-refractivity contribution < 1.29 is 9.63 Å². The van der Waals surface area contributed by atoms with E-state index in [1.54, 1.807) is 11.3 Å². The van der Waals surface area contributed by atoms with Crippen molar-refractivity contribution in [1.82, 2.24) is 10.0 Å². The number of para-hydroxylation sites is 1. The molecule has 5 heteroatoms. The van der Waals surface area contributed by atoms with Crippen molar-refractivity contribution in [2.75, 3.05) is 6.61 Å². The number of fused-ring (bicyclic) bond motifs is 1. The number of hydrogen-bond acceptors (Lipinski definition) is 3. The summed E-state index contributed by atoms with van der Waals surface area (Å²) in [6, 6.07) is 10.4. The zero-order chi connectivity index (χ0) is 16.2. The topological polar surface area (TPSA) is 43.3 Å². The van der Waals surface area contributed by atoms with Gasteiger partial charge in [-0.05, 0) is 40.9 Å². The standard InChI is InChI=1S/C18H20N2O2S/c1-3-22-19-18(21)10-15(13-8-9-23-12-13)16-11-20(2)17-7-5-4-6-14(16)17/h4-9,11-12,15H,3,10H2,1-2H3,(H,19,21). The highest BCUT2D eigenvalue weighted by atomic mass is 32.1. The van der Waals surface area contributed by atoms with Gasteiger partial charge >= 0.3 is 0 Å². The van der Waals surface area contributed by atoms with E-state index >= 15 is 0 Å². The molecule has 0 saturated heterocycles. The third-order valence-corrected chi connectivity index (χ3v) is 4.67. The first-order valence-electron chi connectivity index (χ1n) is 7.67. The van der Waals surface area contributed by atoms with E-state index in [-0.39, 0.29) is 11.8 Å². The summed E-state index contributed by atoms with van der Waals surface area (Å²) in [7, 11) is 2.04. The van der Waals surface area contributed by atoms with Gasteiger partial charge in [0.1, 0.15) is 0 Å². The first-order valence-corrected chi connectivity index (χ1v) is 8.61. The molecule has 0 bridgehead atoms. The molecule has 1 amide bonds. The second kappa shape index (κ2) is 6.98. The monoisotopic (exact) mass is 328 g/mol. The molecule has 2 aromatic heterocycles. The molecule has 120 valence electrons. The van der Waals surface area contributed by atoms with Gasteiger partial charge in [-0.25, -0.2) is 5.48 Å². The molecule has 0 aliphatic heterocycles. The molecule has 0 fully saturated rings. The predicted octanol–water partition coefficient (Wildman–Crippen LogP) is 3.83. The Morgan fingerprint density at radius 1 is 1.35 bits per heavy atom. The molecule has 0 saturated carbocycles. The first kappa shape index (κ1) is 15.8. The van der Waals surface area contributed by atoms with E-state index in [9.17, 15) is 4.79 Å². The quantitative estimate of drug-likeness (QED) is 0.699. The first-order chi connectivity index (χ1) is 11.2. The number of amides is 1. The molecule has 23 heavy (non-hydrogen) atoms. The number of nitrogens with one attached hydrogen (secondary N) is 1. The van der Waals surface area contributed by atoms with E-state index in [4.69, 9.17) is 4.84 Å². The Kier molecular flexibility index (Phi) is 4.79. The van der Waals surface area contributed by atoms with Gasteiger partial charge in [0.25, 0.3) is 0 Å². The second-order valence-corrected chi connectivity index (χ2v) is 6.26. The third kappa shape index (κ3) is 3.30. The molecule has 3 aromatic rings. The van der Waals surface area contributed by atoms with Crippen molar-refractivity contribution in [3.05, 3.63) is 58.4 Å². The number of thiophene rings is 1. The number of nitrogens with zero attached hydrogens (tertiary/aromatic N) is 1. The van der Waals surface area contributed by atoms with Gasteiger partial charge in [0.05, 0.1) is 6.61 Å². The Hall–Kier alpha value is -2.11. The Morgan fingerprint density at radius 2 is 2.17 bits per heavy atom. The van der Waals surface area contributed by atoms with E-state index in [1.807, 2.05) is 31.5 Å². The van der Waals surface area contributed by atoms with Crippen LogP contribution in [0.15, 0.2) is 47.3 Å². The third-order valence-electron chi connectivity index (χ3n) is 3.97. The van der Waals surface area contributed by atoms with Crippen molar-refractivity contribution in [2.45, 2.75) is 19.3 Å². The maximum atomic E-state index is 12.2. The van der Waals surface area contributed by atoms with Crippen LogP contribution in [0.4, 0.5) is 0 Å². The minimum Gasteiger partial charge on any atom is -0.350 e. The summed E-state index contributed by atoms with van der Waals surface area (Å²) < 4.78 is 2.12. The van der Waals surface area contributed by atoms with E-state index in [0.717, 1.165) is 5.56 Å². The van der Waals surface area contributed by atoms with Crippen LogP contribution in [0.5, 0.6) is 0 Å². The van der Waals surface area contributed by atoms with Gasteiger partial charge < -0.3 is 4.57 Å². The lowest BCUT2D eigenvalue weighted by molar-refractivity contribution is -0.133. The van der Waals surface area contributed by atoms with Gasteiger partial charge in [0.2, 0.25) is 5.91 Å². The van der Waals surface area contributed by atoms with Gasteiger partial charge in [0, 0.05) is 36.5 Å². The molecule has 1 unspecified atom stereocenters. The van der Waals surface area contributed by atoms with Crippen molar-refractivity contribution >= 4 is 28.1 Å². The number of aromatic nitrogens is 1. The average molecular weight is 328 g/mol. The fourth-order valence-electron chi connectivity index (χ4n) is 2.91. The minimum atomic E-state index is -0.101. The van der Waals surface area contributed by atoms with Crippen molar-refractivity contribution in [3.63, 3.8) is 0 Å². The highest BCUT2D eigenvalue weighted by molar-refractivity contribution is 7.08. The summed E-state index contributed by atoms with van der Waals surface area (Å²) in [4.78, 5) is 17.2. The summed E-state index contributed by atoms with van der Waals surface area (Å²) in [6.07, 6.45) is 2.49. The Labute approximate surface area is 139 Å². The number of benzene rings is 1. The lowest BCUT2D eigenvalue weighted by Gasteiger charge is -2.15. The van der Waals surface area contributed by atoms with Crippen LogP contribution in [0, 0.1) is 0 Å². The zero-order valence-corrected chi connectivity index (χ0v) is 14.1. The predicted molar refractivity (Wildman–Crippen MR) is 93.5 cm³/mol. The summed E-state index contributed by atoms with van der Waals surface area (Å²) in [5.41, 5.74) is 6.02. The smallest absolute Gasteiger partial charge is 0.244 e. The van der Waals surface area contributed by atoms with Crippen molar-refractivity contribution in [1.29, 1.82) is 0 Å². The van der Waals surface area contributed by atoms with E-state index < -0.39 is 0 Å². The average Bonchev–Trinajstić information content (AvgIpc) is 3.20. The Bertz CT molecular complexity index is 793.